The number of aromatic amines is 1. The molecule has 6 nitrogen and oxygen atoms in total. The summed E-state index contributed by atoms with van der Waals surface area (Å²) in [5.41, 5.74) is 1.75. The number of fused-ring (bicyclic) bond motifs is 1. The van der Waals surface area contributed by atoms with E-state index in [9.17, 15) is 4.79 Å². The lowest BCUT2D eigenvalue weighted by molar-refractivity contribution is 0.120. The van der Waals surface area contributed by atoms with Crippen LogP contribution >= 0.6 is 0 Å². The van der Waals surface area contributed by atoms with Gasteiger partial charge in [-0.2, -0.15) is 10.4 Å². The van der Waals surface area contributed by atoms with Gasteiger partial charge in [0.05, 0.1) is 28.8 Å². The highest BCUT2D eigenvalue weighted by molar-refractivity contribution is 5.85. The molecule has 0 unspecified atom stereocenters. The topological polar surface area (TPSA) is 91.7 Å². The zero-order chi connectivity index (χ0) is 17.2. The number of hydrogen-bond donors (Lipinski definition) is 1. The van der Waals surface area contributed by atoms with Crippen molar-refractivity contribution in [3.05, 3.63) is 63.8 Å². The lowest BCUT2D eigenvalue weighted by Crippen LogP contribution is -2.24. The Morgan fingerprint density at radius 2 is 2.12 bits per heavy atom. The van der Waals surface area contributed by atoms with Gasteiger partial charge in [-0.05, 0) is 49.6 Å². The predicted molar refractivity (Wildman–Crippen MR) is 92.4 cm³/mol. The molecule has 0 spiro atoms. The summed E-state index contributed by atoms with van der Waals surface area (Å²) in [6.07, 6.45) is 5.64. The van der Waals surface area contributed by atoms with Crippen molar-refractivity contribution in [3.8, 4) is 11.8 Å². The second kappa shape index (κ2) is 6.36. The maximum atomic E-state index is 12.1. The third-order valence-electron chi connectivity index (χ3n) is 4.49. The quantitative estimate of drug-likeness (QED) is 0.793. The number of H-pyrrole nitrogens is 1. The van der Waals surface area contributed by atoms with Gasteiger partial charge in [-0.1, -0.05) is 0 Å². The van der Waals surface area contributed by atoms with E-state index in [-0.39, 0.29) is 11.7 Å². The first-order chi connectivity index (χ1) is 12.2. The average molecular weight is 332 g/mol. The van der Waals surface area contributed by atoms with Gasteiger partial charge in [-0.25, -0.2) is 5.10 Å². The monoisotopic (exact) mass is 332 g/mol. The Morgan fingerprint density at radius 1 is 1.24 bits per heavy atom. The molecule has 1 N–H and O–H groups in total. The van der Waals surface area contributed by atoms with E-state index in [1.807, 2.05) is 12.1 Å². The van der Waals surface area contributed by atoms with Crippen LogP contribution in [0.15, 0.2) is 41.3 Å². The smallest absolute Gasteiger partial charge is 0.272 e. The molecule has 2 aromatic heterocycles. The molecule has 0 atom stereocenters. The third kappa shape index (κ3) is 3.09. The number of nitrogens with zero attached hydrogens (tertiary/aromatic N) is 3. The standard InChI is InChI=1S/C19H16N4O2/c20-11-12-6-7-21-13(8-12)9-18-17-10-15(25-14-2-1-3-14)4-5-16(17)19(24)23-22-18/h4-8,10,14H,1-3,9H2,(H,23,24). The van der Waals surface area contributed by atoms with Gasteiger partial charge < -0.3 is 4.74 Å². The summed E-state index contributed by atoms with van der Waals surface area (Å²) >= 11 is 0. The molecule has 3 aromatic rings. The highest BCUT2D eigenvalue weighted by Crippen LogP contribution is 2.28. The average Bonchev–Trinajstić information content (AvgIpc) is 2.61. The molecule has 0 amide bonds. The van der Waals surface area contributed by atoms with E-state index in [1.165, 1.54) is 6.42 Å². The number of benzene rings is 1. The molecule has 1 saturated carbocycles. The largest absolute Gasteiger partial charge is 0.490 e. The maximum absolute atomic E-state index is 12.1. The number of ether oxygens (including phenoxy) is 1. The number of hydrogen-bond acceptors (Lipinski definition) is 5. The van der Waals surface area contributed by atoms with E-state index in [2.05, 4.69) is 21.3 Å². The zero-order valence-corrected chi connectivity index (χ0v) is 13.5. The molecular formula is C19H16N4O2. The van der Waals surface area contributed by atoms with Gasteiger partial charge in [-0.3, -0.25) is 9.78 Å². The fourth-order valence-electron chi connectivity index (χ4n) is 2.90. The summed E-state index contributed by atoms with van der Waals surface area (Å²) in [6.45, 7) is 0. The Balaban J connectivity index is 1.73. The minimum absolute atomic E-state index is 0.229. The van der Waals surface area contributed by atoms with Crippen LogP contribution in [0.3, 0.4) is 0 Å². The zero-order valence-electron chi connectivity index (χ0n) is 13.5. The number of nitrogens with one attached hydrogen (secondary N) is 1. The highest BCUT2D eigenvalue weighted by atomic mass is 16.5. The summed E-state index contributed by atoms with van der Waals surface area (Å²) in [7, 11) is 0. The molecular weight excluding hydrogens is 316 g/mol. The Kier molecular flexibility index (Phi) is 3.90. The molecule has 1 aliphatic rings. The van der Waals surface area contributed by atoms with E-state index in [0.717, 1.165) is 29.7 Å². The van der Waals surface area contributed by atoms with Crippen LogP contribution in [0, 0.1) is 11.3 Å². The van der Waals surface area contributed by atoms with Crippen molar-refractivity contribution in [2.75, 3.05) is 0 Å². The summed E-state index contributed by atoms with van der Waals surface area (Å²) in [4.78, 5) is 16.4. The molecule has 124 valence electrons. The minimum atomic E-state index is -0.229. The fourth-order valence-corrected chi connectivity index (χ4v) is 2.90. The second-order valence-electron chi connectivity index (χ2n) is 6.20. The van der Waals surface area contributed by atoms with Crippen molar-refractivity contribution >= 4 is 10.8 Å². The lowest BCUT2D eigenvalue weighted by Gasteiger charge is -2.26. The first-order valence-electron chi connectivity index (χ1n) is 8.26. The number of rotatable bonds is 4. The lowest BCUT2D eigenvalue weighted by atomic mass is 9.96. The van der Waals surface area contributed by atoms with Gasteiger partial charge in [0.25, 0.3) is 5.56 Å². The fraction of sp³-hybridized carbons (Fsp3) is 0.263. The molecule has 0 bridgehead atoms. The van der Waals surface area contributed by atoms with Gasteiger partial charge in [0, 0.05) is 23.7 Å². The van der Waals surface area contributed by atoms with Crippen LogP contribution in [0.25, 0.3) is 10.8 Å². The van der Waals surface area contributed by atoms with Gasteiger partial charge in [0.15, 0.2) is 0 Å². The normalized spacial score (nSPS) is 14.0. The van der Waals surface area contributed by atoms with Crippen molar-refractivity contribution in [2.24, 2.45) is 0 Å². The van der Waals surface area contributed by atoms with Gasteiger partial charge in [-0.15, -0.1) is 0 Å². The number of pyridine rings is 1. The first kappa shape index (κ1) is 15.3. The van der Waals surface area contributed by atoms with Crippen LogP contribution < -0.4 is 10.3 Å². The molecule has 1 aliphatic carbocycles. The molecule has 1 aromatic carbocycles. The molecule has 25 heavy (non-hydrogen) atoms. The van der Waals surface area contributed by atoms with Gasteiger partial charge >= 0.3 is 0 Å². The summed E-state index contributed by atoms with van der Waals surface area (Å²) < 4.78 is 5.94. The second-order valence-corrected chi connectivity index (χ2v) is 6.20. The molecule has 2 heterocycles. The Labute approximate surface area is 144 Å². The maximum Gasteiger partial charge on any atom is 0.272 e. The molecule has 6 heteroatoms. The van der Waals surface area contributed by atoms with Crippen LogP contribution in [0.5, 0.6) is 5.75 Å². The van der Waals surface area contributed by atoms with Crippen LogP contribution in [-0.2, 0) is 6.42 Å². The first-order valence-corrected chi connectivity index (χ1v) is 8.26. The van der Waals surface area contributed by atoms with Gasteiger partial charge in [0.2, 0.25) is 0 Å². The number of nitriles is 1. The van der Waals surface area contributed by atoms with E-state index in [4.69, 9.17) is 10.00 Å². The van der Waals surface area contributed by atoms with Crippen molar-refractivity contribution in [2.45, 2.75) is 31.8 Å². The van der Waals surface area contributed by atoms with Gasteiger partial charge in [0.1, 0.15) is 5.75 Å². The van der Waals surface area contributed by atoms with Crippen molar-refractivity contribution in [3.63, 3.8) is 0 Å². The van der Waals surface area contributed by atoms with Crippen LogP contribution in [-0.4, -0.2) is 21.3 Å². The van der Waals surface area contributed by atoms with E-state index in [0.29, 0.717) is 23.1 Å². The minimum Gasteiger partial charge on any atom is -0.490 e. The van der Waals surface area contributed by atoms with Crippen molar-refractivity contribution in [1.29, 1.82) is 5.26 Å². The van der Waals surface area contributed by atoms with Crippen molar-refractivity contribution in [1.82, 2.24) is 15.2 Å². The van der Waals surface area contributed by atoms with Crippen LogP contribution in [0.1, 0.15) is 36.2 Å². The molecule has 1 fully saturated rings. The van der Waals surface area contributed by atoms with E-state index in [1.54, 1.807) is 24.4 Å². The molecule has 4 rings (SSSR count). The van der Waals surface area contributed by atoms with Crippen molar-refractivity contribution < 1.29 is 4.74 Å². The predicted octanol–water partition coefficient (Wildman–Crippen LogP) is 2.71. The number of aromatic nitrogens is 3. The molecule has 0 saturated heterocycles. The molecule has 0 aliphatic heterocycles. The highest BCUT2D eigenvalue weighted by Gasteiger charge is 2.19. The SMILES string of the molecule is N#Cc1ccnc(Cc2n[nH]c(=O)c3ccc(OC4CCC4)cc23)c1. The summed E-state index contributed by atoms with van der Waals surface area (Å²) in [6, 6.07) is 11.0. The Bertz CT molecular complexity index is 1030. The van der Waals surface area contributed by atoms with Crippen LogP contribution in [0.4, 0.5) is 0 Å². The van der Waals surface area contributed by atoms with E-state index < -0.39 is 0 Å². The van der Waals surface area contributed by atoms with E-state index >= 15 is 0 Å². The summed E-state index contributed by atoms with van der Waals surface area (Å²) in [5.74, 6) is 0.754. The molecule has 0 radical (unpaired) electrons. The third-order valence-corrected chi connectivity index (χ3v) is 4.49. The van der Waals surface area contributed by atoms with Crippen LogP contribution in [0.2, 0.25) is 0 Å². The Hall–Kier alpha value is -3.20. The summed E-state index contributed by atoms with van der Waals surface area (Å²) in [5, 5.41) is 17.1. The Morgan fingerprint density at radius 3 is 2.88 bits per heavy atom.